The summed E-state index contributed by atoms with van der Waals surface area (Å²) in [5.74, 6) is 1.29. The highest BCUT2D eigenvalue weighted by Gasteiger charge is 2.16. The minimum atomic E-state index is -0.0947. The Labute approximate surface area is 123 Å². The average molecular weight is 280 g/mol. The molecule has 1 heterocycles. The van der Waals surface area contributed by atoms with Crippen molar-refractivity contribution in [2.75, 3.05) is 6.61 Å². The van der Waals surface area contributed by atoms with E-state index in [9.17, 15) is 4.79 Å². The van der Waals surface area contributed by atoms with Gasteiger partial charge in [-0.2, -0.15) is 0 Å². The molecule has 3 aromatic rings. The van der Waals surface area contributed by atoms with Crippen molar-refractivity contribution in [1.29, 1.82) is 0 Å². The lowest BCUT2D eigenvalue weighted by atomic mass is 10.2. The number of carbonyl (C=O) groups excluding carboxylic acids is 1. The van der Waals surface area contributed by atoms with Crippen molar-refractivity contribution >= 4 is 16.9 Å². The molecule has 0 radical (unpaired) electrons. The SMILES string of the molecule is CCOc1cccc(C(=O)n2c(C)nc3ccccc32)c1. The van der Waals surface area contributed by atoms with Gasteiger partial charge in [0.1, 0.15) is 11.6 Å². The molecule has 106 valence electrons. The van der Waals surface area contributed by atoms with Gasteiger partial charge in [-0.3, -0.25) is 9.36 Å². The molecule has 21 heavy (non-hydrogen) atoms. The molecule has 0 N–H and O–H groups in total. The molecule has 0 atom stereocenters. The number of aryl methyl sites for hydroxylation is 1. The third-order valence-corrected chi connectivity index (χ3v) is 3.32. The second kappa shape index (κ2) is 5.40. The van der Waals surface area contributed by atoms with E-state index in [0.29, 0.717) is 23.7 Å². The van der Waals surface area contributed by atoms with Crippen LogP contribution in [0.3, 0.4) is 0 Å². The summed E-state index contributed by atoms with van der Waals surface area (Å²) in [5, 5.41) is 0. The van der Waals surface area contributed by atoms with E-state index in [-0.39, 0.29) is 5.91 Å². The first kappa shape index (κ1) is 13.4. The van der Waals surface area contributed by atoms with Gasteiger partial charge in [0.05, 0.1) is 17.6 Å². The number of carbonyl (C=O) groups is 1. The summed E-state index contributed by atoms with van der Waals surface area (Å²) < 4.78 is 7.09. The van der Waals surface area contributed by atoms with E-state index >= 15 is 0 Å². The summed E-state index contributed by atoms with van der Waals surface area (Å²) in [7, 11) is 0. The van der Waals surface area contributed by atoms with Gasteiger partial charge < -0.3 is 4.74 Å². The number of nitrogens with zero attached hydrogens (tertiary/aromatic N) is 2. The number of para-hydroxylation sites is 2. The van der Waals surface area contributed by atoms with Gasteiger partial charge in [-0.25, -0.2) is 4.98 Å². The maximum absolute atomic E-state index is 12.8. The third kappa shape index (κ3) is 2.40. The fraction of sp³-hybridized carbons (Fsp3) is 0.176. The number of fused-ring (bicyclic) bond motifs is 1. The van der Waals surface area contributed by atoms with E-state index in [1.165, 1.54) is 0 Å². The van der Waals surface area contributed by atoms with E-state index < -0.39 is 0 Å². The summed E-state index contributed by atoms with van der Waals surface area (Å²) in [6.07, 6.45) is 0. The molecule has 0 bridgehead atoms. The molecule has 2 aromatic carbocycles. The van der Waals surface area contributed by atoms with Crippen molar-refractivity contribution in [3.63, 3.8) is 0 Å². The van der Waals surface area contributed by atoms with Crippen LogP contribution in [0, 0.1) is 6.92 Å². The number of hydrogen-bond acceptors (Lipinski definition) is 3. The molecular weight excluding hydrogens is 264 g/mol. The molecule has 0 aliphatic carbocycles. The maximum atomic E-state index is 12.8. The second-order valence-electron chi connectivity index (χ2n) is 4.75. The highest BCUT2D eigenvalue weighted by atomic mass is 16.5. The molecular formula is C17H16N2O2. The molecule has 3 rings (SSSR count). The molecule has 0 spiro atoms. The molecule has 0 saturated heterocycles. The van der Waals surface area contributed by atoms with Crippen LogP contribution >= 0.6 is 0 Å². The van der Waals surface area contributed by atoms with Gasteiger partial charge >= 0.3 is 0 Å². The predicted octanol–water partition coefficient (Wildman–Crippen LogP) is 3.43. The highest BCUT2D eigenvalue weighted by Crippen LogP contribution is 2.19. The molecule has 1 aromatic heterocycles. The smallest absolute Gasteiger partial charge is 0.263 e. The quantitative estimate of drug-likeness (QED) is 0.738. The van der Waals surface area contributed by atoms with Crippen molar-refractivity contribution in [3.8, 4) is 5.75 Å². The van der Waals surface area contributed by atoms with Crippen LogP contribution in [-0.2, 0) is 0 Å². The molecule has 4 heteroatoms. The van der Waals surface area contributed by atoms with Crippen LogP contribution < -0.4 is 4.74 Å². The Kier molecular flexibility index (Phi) is 3.44. The first-order valence-electron chi connectivity index (χ1n) is 6.92. The lowest BCUT2D eigenvalue weighted by Gasteiger charge is -2.08. The van der Waals surface area contributed by atoms with Gasteiger partial charge in [0.2, 0.25) is 0 Å². The Morgan fingerprint density at radius 3 is 2.81 bits per heavy atom. The van der Waals surface area contributed by atoms with Crippen LogP contribution in [0.25, 0.3) is 11.0 Å². The van der Waals surface area contributed by atoms with Crippen molar-refractivity contribution in [2.45, 2.75) is 13.8 Å². The number of benzene rings is 2. The van der Waals surface area contributed by atoms with Crippen LogP contribution in [0.5, 0.6) is 5.75 Å². The monoisotopic (exact) mass is 280 g/mol. The first-order valence-corrected chi connectivity index (χ1v) is 6.92. The standard InChI is InChI=1S/C17H16N2O2/c1-3-21-14-8-6-7-13(11-14)17(20)19-12(2)18-15-9-4-5-10-16(15)19/h4-11H,3H2,1-2H3. The van der Waals surface area contributed by atoms with Crippen molar-refractivity contribution in [1.82, 2.24) is 9.55 Å². The zero-order valence-corrected chi connectivity index (χ0v) is 12.0. The zero-order valence-electron chi connectivity index (χ0n) is 12.0. The molecule has 4 nitrogen and oxygen atoms in total. The predicted molar refractivity (Wildman–Crippen MR) is 81.8 cm³/mol. The van der Waals surface area contributed by atoms with Crippen LogP contribution in [0.2, 0.25) is 0 Å². The molecule has 0 fully saturated rings. The number of aromatic nitrogens is 2. The topological polar surface area (TPSA) is 44.1 Å². The van der Waals surface area contributed by atoms with Crippen LogP contribution in [-0.4, -0.2) is 22.1 Å². The summed E-state index contributed by atoms with van der Waals surface area (Å²) in [4.78, 5) is 17.2. The Bertz CT molecular complexity index is 805. The lowest BCUT2D eigenvalue weighted by Crippen LogP contribution is -2.13. The summed E-state index contributed by atoms with van der Waals surface area (Å²) in [6, 6.07) is 14.9. The van der Waals surface area contributed by atoms with Gasteiger partial charge in [0.15, 0.2) is 0 Å². The van der Waals surface area contributed by atoms with E-state index in [2.05, 4.69) is 4.98 Å². The average Bonchev–Trinajstić information content (AvgIpc) is 2.83. The van der Waals surface area contributed by atoms with Gasteiger partial charge in [0, 0.05) is 5.56 Å². The lowest BCUT2D eigenvalue weighted by molar-refractivity contribution is 0.0962. The minimum absolute atomic E-state index is 0.0947. The first-order chi connectivity index (χ1) is 10.2. The van der Waals surface area contributed by atoms with Crippen molar-refractivity contribution in [3.05, 3.63) is 59.9 Å². The summed E-state index contributed by atoms with van der Waals surface area (Å²) >= 11 is 0. The van der Waals surface area contributed by atoms with E-state index in [1.807, 2.05) is 50.2 Å². The number of hydrogen-bond donors (Lipinski definition) is 0. The minimum Gasteiger partial charge on any atom is -0.494 e. The zero-order chi connectivity index (χ0) is 14.8. The molecule has 0 unspecified atom stereocenters. The summed E-state index contributed by atoms with van der Waals surface area (Å²) in [6.45, 7) is 4.33. The maximum Gasteiger partial charge on any atom is 0.263 e. The normalized spacial score (nSPS) is 10.8. The van der Waals surface area contributed by atoms with Crippen LogP contribution in [0.15, 0.2) is 48.5 Å². The molecule has 0 saturated carbocycles. The highest BCUT2D eigenvalue weighted by molar-refractivity contribution is 6.01. The van der Waals surface area contributed by atoms with Gasteiger partial charge in [0.25, 0.3) is 5.91 Å². The van der Waals surface area contributed by atoms with Gasteiger partial charge in [-0.15, -0.1) is 0 Å². The largest absolute Gasteiger partial charge is 0.494 e. The fourth-order valence-corrected chi connectivity index (χ4v) is 2.42. The van der Waals surface area contributed by atoms with Crippen molar-refractivity contribution < 1.29 is 9.53 Å². The number of ether oxygens (including phenoxy) is 1. The number of rotatable bonds is 3. The van der Waals surface area contributed by atoms with Crippen LogP contribution in [0.4, 0.5) is 0 Å². The van der Waals surface area contributed by atoms with E-state index in [4.69, 9.17) is 4.74 Å². The van der Waals surface area contributed by atoms with E-state index in [1.54, 1.807) is 16.7 Å². The second-order valence-corrected chi connectivity index (χ2v) is 4.75. The van der Waals surface area contributed by atoms with Crippen molar-refractivity contribution in [2.24, 2.45) is 0 Å². The van der Waals surface area contributed by atoms with Gasteiger partial charge in [-0.1, -0.05) is 18.2 Å². The Hall–Kier alpha value is -2.62. The Morgan fingerprint density at radius 2 is 2.00 bits per heavy atom. The molecule has 0 aliphatic rings. The van der Waals surface area contributed by atoms with Gasteiger partial charge in [-0.05, 0) is 44.2 Å². The van der Waals surface area contributed by atoms with E-state index in [0.717, 1.165) is 11.0 Å². The Balaban J connectivity index is 2.08. The summed E-state index contributed by atoms with van der Waals surface area (Å²) in [5.41, 5.74) is 2.23. The fourth-order valence-electron chi connectivity index (χ4n) is 2.42. The molecule has 0 amide bonds. The number of imidazole rings is 1. The van der Waals surface area contributed by atoms with Crippen LogP contribution in [0.1, 0.15) is 23.1 Å². The third-order valence-electron chi connectivity index (χ3n) is 3.32. The Morgan fingerprint density at radius 1 is 1.19 bits per heavy atom. The molecule has 0 aliphatic heterocycles.